The number of hydrogen-bond acceptors (Lipinski definition) is 2. The number of aryl methyl sites for hydroxylation is 1. The molecule has 2 nitrogen and oxygen atoms in total. The van der Waals surface area contributed by atoms with Crippen LogP contribution < -0.4 is 5.32 Å². The highest BCUT2D eigenvalue weighted by molar-refractivity contribution is 6.42. The van der Waals surface area contributed by atoms with Gasteiger partial charge in [0.25, 0.3) is 0 Å². The summed E-state index contributed by atoms with van der Waals surface area (Å²) in [6.45, 7) is 1.87. The highest BCUT2D eigenvalue weighted by Gasteiger charge is 2.05. The SMILES string of the molecule is Clc1ccc(CCC2=NCCN2)cc1Cl. The van der Waals surface area contributed by atoms with Gasteiger partial charge in [0.2, 0.25) is 0 Å². The van der Waals surface area contributed by atoms with E-state index in [1.54, 1.807) is 0 Å². The van der Waals surface area contributed by atoms with E-state index in [2.05, 4.69) is 10.3 Å². The lowest BCUT2D eigenvalue weighted by atomic mass is 10.1. The maximum absolute atomic E-state index is 5.93. The molecule has 80 valence electrons. The maximum atomic E-state index is 5.93. The number of nitrogens with zero attached hydrogens (tertiary/aromatic N) is 1. The number of rotatable bonds is 3. The summed E-state index contributed by atoms with van der Waals surface area (Å²) < 4.78 is 0. The first-order chi connectivity index (χ1) is 7.25. The van der Waals surface area contributed by atoms with Gasteiger partial charge < -0.3 is 5.32 Å². The third-order valence-corrected chi connectivity index (χ3v) is 3.12. The van der Waals surface area contributed by atoms with Crippen molar-refractivity contribution < 1.29 is 0 Å². The van der Waals surface area contributed by atoms with Gasteiger partial charge in [0, 0.05) is 13.0 Å². The summed E-state index contributed by atoms with van der Waals surface area (Å²) in [5.41, 5.74) is 1.20. The van der Waals surface area contributed by atoms with Crippen LogP contribution in [-0.4, -0.2) is 18.9 Å². The normalized spacial score (nSPS) is 14.9. The van der Waals surface area contributed by atoms with Crippen LogP contribution in [0.1, 0.15) is 12.0 Å². The monoisotopic (exact) mass is 242 g/mol. The smallest absolute Gasteiger partial charge is 0.0967 e. The lowest BCUT2D eigenvalue weighted by Crippen LogP contribution is -2.18. The zero-order chi connectivity index (χ0) is 10.7. The first kappa shape index (κ1) is 10.8. The fourth-order valence-electron chi connectivity index (χ4n) is 1.57. The van der Waals surface area contributed by atoms with Crippen LogP contribution in [0.2, 0.25) is 10.0 Å². The molecule has 0 unspecified atom stereocenters. The third-order valence-electron chi connectivity index (χ3n) is 2.38. The van der Waals surface area contributed by atoms with Crippen molar-refractivity contribution in [1.82, 2.24) is 5.32 Å². The molecular weight excluding hydrogens is 231 g/mol. The van der Waals surface area contributed by atoms with Crippen LogP contribution in [0, 0.1) is 0 Å². The predicted molar refractivity (Wildman–Crippen MR) is 65.1 cm³/mol. The molecule has 1 aromatic carbocycles. The van der Waals surface area contributed by atoms with Crippen LogP contribution in [-0.2, 0) is 6.42 Å². The quantitative estimate of drug-likeness (QED) is 0.867. The number of benzene rings is 1. The van der Waals surface area contributed by atoms with Gasteiger partial charge in [-0.05, 0) is 24.1 Å². The van der Waals surface area contributed by atoms with Crippen LogP contribution in [0.5, 0.6) is 0 Å². The summed E-state index contributed by atoms with van der Waals surface area (Å²) in [6, 6.07) is 5.76. The molecule has 0 amide bonds. The van der Waals surface area contributed by atoms with Gasteiger partial charge in [0.1, 0.15) is 0 Å². The van der Waals surface area contributed by atoms with Gasteiger partial charge in [-0.1, -0.05) is 29.3 Å². The molecule has 0 radical (unpaired) electrons. The van der Waals surface area contributed by atoms with E-state index in [4.69, 9.17) is 23.2 Å². The highest BCUT2D eigenvalue weighted by atomic mass is 35.5. The molecule has 1 N–H and O–H groups in total. The number of aliphatic imine (C=N–C) groups is 1. The van der Waals surface area contributed by atoms with Crippen LogP contribution in [0.4, 0.5) is 0 Å². The molecule has 0 saturated carbocycles. The summed E-state index contributed by atoms with van der Waals surface area (Å²) in [5, 5.41) is 4.47. The van der Waals surface area contributed by atoms with E-state index >= 15 is 0 Å². The highest BCUT2D eigenvalue weighted by Crippen LogP contribution is 2.23. The van der Waals surface area contributed by atoms with Crippen molar-refractivity contribution in [3.63, 3.8) is 0 Å². The molecule has 1 aliphatic heterocycles. The van der Waals surface area contributed by atoms with Gasteiger partial charge in [-0.2, -0.15) is 0 Å². The molecule has 0 aromatic heterocycles. The van der Waals surface area contributed by atoms with Crippen molar-refractivity contribution in [1.29, 1.82) is 0 Å². The molecule has 0 spiro atoms. The summed E-state index contributed by atoms with van der Waals surface area (Å²) in [5.74, 6) is 1.10. The summed E-state index contributed by atoms with van der Waals surface area (Å²) in [7, 11) is 0. The molecule has 1 aliphatic rings. The predicted octanol–water partition coefficient (Wildman–Crippen LogP) is 2.93. The van der Waals surface area contributed by atoms with Crippen molar-refractivity contribution in [3.8, 4) is 0 Å². The van der Waals surface area contributed by atoms with Crippen molar-refractivity contribution in [2.24, 2.45) is 4.99 Å². The number of nitrogens with one attached hydrogen (secondary N) is 1. The number of amidine groups is 1. The van der Waals surface area contributed by atoms with Crippen LogP contribution in [0.15, 0.2) is 23.2 Å². The molecule has 0 bridgehead atoms. The van der Waals surface area contributed by atoms with E-state index in [1.165, 1.54) is 5.56 Å². The van der Waals surface area contributed by atoms with Crippen LogP contribution >= 0.6 is 23.2 Å². The first-order valence-corrected chi connectivity index (χ1v) is 5.72. The Kier molecular flexibility index (Phi) is 3.49. The second-order valence-electron chi connectivity index (χ2n) is 3.50. The standard InChI is InChI=1S/C11H12Cl2N2/c12-9-3-1-8(7-10(9)13)2-4-11-14-5-6-15-11/h1,3,7H,2,4-6H2,(H,14,15). The second-order valence-corrected chi connectivity index (χ2v) is 4.32. The topological polar surface area (TPSA) is 24.4 Å². The molecule has 4 heteroatoms. The fourth-order valence-corrected chi connectivity index (χ4v) is 1.89. The Balaban J connectivity index is 1.96. The molecule has 15 heavy (non-hydrogen) atoms. The minimum absolute atomic E-state index is 0.608. The van der Waals surface area contributed by atoms with Crippen molar-refractivity contribution in [2.75, 3.05) is 13.1 Å². The zero-order valence-electron chi connectivity index (χ0n) is 8.26. The minimum Gasteiger partial charge on any atom is -0.372 e. The Hall–Kier alpha value is -0.730. The molecule has 0 fully saturated rings. The van der Waals surface area contributed by atoms with E-state index < -0.39 is 0 Å². The Labute approximate surface area is 99.3 Å². The molecule has 0 atom stereocenters. The molecule has 1 aromatic rings. The Morgan fingerprint density at radius 2 is 2.07 bits per heavy atom. The van der Waals surface area contributed by atoms with Crippen LogP contribution in [0.25, 0.3) is 0 Å². The number of hydrogen-bond donors (Lipinski definition) is 1. The van der Waals surface area contributed by atoms with E-state index in [1.807, 2.05) is 18.2 Å². The van der Waals surface area contributed by atoms with Gasteiger partial charge in [-0.3, -0.25) is 4.99 Å². The average molecular weight is 243 g/mol. The van der Waals surface area contributed by atoms with E-state index in [9.17, 15) is 0 Å². The van der Waals surface area contributed by atoms with Gasteiger partial charge >= 0.3 is 0 Å². The summed E-state index contributed by atoms with van der Waals surface area (Å²) in [4.78, 5) is 4.34. The maximum Gasteiger partial charge on any atom is 0.0967 e. The molecule has 1 heterocycles. The van der Waals surface area contributed by atoms with Crippen molar-refractivity contribution in [3.05, 3.63) is 33.8 Å². The van der Waals surface area contributed by atoms with E-state index in [0.29, 0.717) is 10.0 Å². The third kappa shape index (κ3) is 2.86. The first-order valence-electron chi connectivity index (χ1n) is 4.97. The summed E-state index contributed by atoms with van der Waals surface area (Å²) in [6.07, 6.45) is 1.89. The van der Waals surface area contributed by atoms with Crippen molar-refractivity contribution in [2.45, 2.75) is 12.8 Å². The largest absolute Gasteiger partial charge is 0.372 e. The Morgan fingerprint density at radius 1 is 1.20 bits per heavy atom. The second kappa shape index (κ2) is 4.86. The van der Waals surface area contributed by atoms with Crippen LogP contribution in [0.3, 0.4) is 0 Å². The van der Waals surface area contributed by atoms with Gasteiger partial charge in [-0.15, -0.1) is 0 Å². The molecule has 0 aliphatic carbocycles. The van der Waals surface area contributed by atoms with E-state index in [-0.39, 0.29) is 0 Å². The Morgan fingerprint density at radius 3 is 2.73 bits per heavy atom. The lowest BCUT2D eigenvalue weighted by Gasteiger charge is -2.04. The van der Waals surface area contributed by atoms with Gasteiger partial charge in [0.05, 0.1) is 22.4 Å². The number of halogens is 2. The molecular formula is C11H12Cl2N2. The Bertz CT molecular complexity index is 388. The minimum atomic E-state index is 0.608. The van der Waals surface area contributed by atoms with Gasteiger partial charge in [-0.25, -0.2) is 0 Å². The molecule has 0 saturated heterocycles. The molecule has 2 rings (SSSR count). The average Bonchev–Trinajstić information content (AvgIpc) is 2.73. The lowest BCUT2D eigenvalue weighted by molar-refractivity contribution is 0.934. The van der Waals surface area contributed by atoms with Crippen molar-refractivity contribution >= 4 is 29.0 Å². The van der Waals surface area contributed by atoms with E-state index in [0.717, 1.165) is 31.8 Å². The zero-order valence-corrected chi connectivity index (χ0v) is 9.78. The summed E-state index contributed by atoms with van der Waals surface area (Å²) >= 11 is 11.8. The van der Waals surface area contributed by atoms with Gasteiger partial charge in [0.15, 0.2) is 0 Å². The fraction of sp³-hybridized carbons (Fsp3) is 0.364.